The van der Waals surface area contributed by atoms with E-state index in [4.69, 9.17) is 4.74 Å². The van der Waals surface area contributed by atoms with Gasteiger partial charge in [0, 0.05) is 16.8 Å². The predicted molar refractivity (Wildman–Crippen MR) is 119 cm³/mol. The maximum absolute atomic E-state index is 13.1. The van der Waals surface area contributed by atoms with E-state index >= 15 is 0 Å². The van der Waals surface area contributed by atoms with E-state index in [1.54, 1.807) is 55.5 Å². The summed E-state index contributed by atoms with van der Waals surface area (Å²) in [6.07, 6.45) is -0.573. The molecule has 156 valence electrons. The third kappa shape index (κ3) is 4.05. The van der Waals surface area contributed by atoms with Gasteiger partial charge in [0.05, 0.1) is 11.3 Å². The third-order valence-electron chi connectivity index (χ3n) is 5.35. The van der Waals surface area contributed by atoms with Crippen molar-refractivity contribution in [1.82, 2.24) is 0 Å². The molecule has 6 heteroatoms. The first-order valence-corrected chi connectivity index (χ1v) is 9.97. The molecule has 0 saturated heterocycles. The minimum absolute atomic E-state index is 0.214. The Morgan fingerprint density at radius 2 is 1.68 bits per heavy atom. The maximum Gasteiger partial charge on any atom is 0.265 e. The smallest absolute Gasteiger partial charge is 0.265 e. The van der Waals surface area contributed by atoms with Crippen molar-refractivity contribution in [2.45, 2.75) is 26.9 Å². The Morgan fingerprint density at radius 1 is 0.935 bits per heavy atom. The predicted octanol–water partition coefficient (Wildman–Crippen LogP) is 4.51. The summed E-state index contributed by atoms with van der Waals surface area (Å²) in [5.74, 6) is -0.339. The third-order valence-corrected chi connectivity index (χ3v) is 5.35. The van der Waals surface area contributed by atoms with Crippen LogP contribution in [0.4, 0.5) is 11.4 Å². The van der Waals surface area contributed by atoms with E-state index in [0.717, 1.165) is 11.1 Å². The fourth-order valence-electron chi connectivity index (χ4n) is 3.40. The van der Waals surface area contributed by atoms with Crippen LogP contribution in [-0.4, -0.2) is 23.7 Å². The van der Waals surface area contributed by atoms with Crippen molar-refractivity contribution in [1.29, 1.82) is 0 Å². The van der Waals surface area contributed by atoms with Gasteiger partial charge in [-0.1, -0.05) is 30.3 Å². The van der Waals surface area contributed by atoms with Gasteiger partial charge in [0.25, 0.3) is 11.8 Å². The Hall–Kier alpha value is -3.93. The highest BCUT2D eigenvalue weighted by Crippen LogP contribution is 2.32. The number of benzene rings is 3. The number of anilines is 2. The SMILES string of the molecule is Cc1ccc(C(=O)c2ccccc2C(=O)Nc2ccc3c(c2)NC(=O)C(C)O3)cc1C. The van der Waals surface area contributed by atoms with Crippen LogP contribution in [0.25, 0.3) is 0 Å². The minimum atomic E-state index is -0.573. The molecule has 2 amide bonds. The number of ketones is 1. The van der Waals surface area contributed by atoms with E-state index in [9.17, 15) is 14.4 Å². The van der Waals surface area contributed by atoms with Crippen LogP contribution < -0.4 is 15.4 Å². The van der Waals surface area contributed by atoms with E-state index in [2.05, 4.69) is 10.6 Å². The molecule has 0 aromatic heterocycles. The van der Waals surface area contributed by atoms with Crippen LogP contribution in [-0.2, 0) is 4.79 Å². The summed E-state index contributed by atoms with van der Waals surface area (Å²) < 4.78 is 5.54. The zero-order valence-corrected chi connectivity index (χ0v) is 17.5. The van der Waals surface area contributed by atoms with Gasteiger partial charge in [0.2, 0.25) is 0 Å². The van der Waals surface area contributed by atoms with Gasteiger partial charge in [-0.15, -0.1) is 0 Å². The Kier molecular flexibility index (Phi) is 5.29. The highest BCUT2D eigenvalue weighted by atomic mass is 16.5. The molecule has 3 aromatic carbocycles. The van der Waals surface area contributed by atoms with Gasteiger partial charge in [-0.2, -0.15) is 0 Å². The Balaban J connectivity index is 1.60. The van der Waals surface area contributed by atoms with Crippen LogP contribution in [0.1, 0.15) is 44.3 Å². The summed E-state index contributed by atoms with van der Waals surface area (Å²) in [4.78, 5) is 37.9. The number of rotatable bonds is 4. The Labute approximate surface area is 180 Å². The zero-order valence-electron chi connectivity index (χ0n) is 17.5. The van der Waals surface area contributed by atoms with Gasteiger partial charge in [0.1, 0.15) is 5.75 Å². The molecule has 1 heterocycles. The fraction of sp³-hybridized carbons (Fsp3) is 0.160. The van der Waals surface area contributed by atoms with Gasteiger partial charge in [-0.3, -0.25) is 14.4 Å². The number of amides is 2. The lowest BCUT2D eigenvalue weighted by atomic mass is 9.95. The van der Waals surface area contributed by atoms with Crippen molar-refractivity contribution in [2.75, 3.05) is 10.6 Å². The fourth-order valence-corrected chi connectivity index (χ4v) is 3.40. The molecule has 2 N–H and O–H groups in total. The van der Waals surface area contributed by atoms with Crippen LogP contribution in [0.3, 0.4) is 0 Å². The molecule has 0 saturated carbocycles. The molecule has 0 fully saturated rings. The van der Waals surface area contributed by atoms with Gasteiger partial charge < -0.3 is 15.4 Å². The van der Waals surface area contributed by atoms with Gasteiger partial charge in [-0.25, -0.2) is 0 Å². The second-order valence-electron chi connectivity index (χ2n) is 7.59. The lowest BCUT2D eigenvalue weighted by Crippen LogP contribution is -2.34. The molecule has 0 radical (unpaired) electrons. The first kappa shape index (κ1) is 20.3. The molecule has 0 aliphatic carbocycles. The van der Waals surface area contributed by atoms with E-state index in [0.29, 0.717) is 28.3 Å². The molecular formula is C25H22N2O4. The molecule has 4 rings (SSSR count). The molecule has 1 atom stereocenters. The van der Waals surface area contributed by atoms with Gasteiger partial charge >= 0.3 is 0 Å². The zero-order chi connectivity index (χ0) is 22.1. The molecule has 0 bridgehead atoms. The summed E-state index contributed by atoms with van der Waals surface area (Å²) in [7, 11) is 0. The van der Waals surface area contributed by atoms with E-state index in [1.807, 2.05) is 26.0 Å². The summed E-state index contributed by atoms with van der Waals surface area (Å²) in [6.45, 7) is 5.60. The van der Waals surface area contributed by atoms with Crippen molar-refractivity contribution >= 4 is 29.0 Å². The average Bonchev–Trinajstić information content (AvgIpc) is 2.76. The van der Waals surface area contributed by atoms with Crippen molar-refractivity contribution in [3.63, 3.8) is 0 Å². The monoisotopic (exact) mass is 414 g/mol. The normalized spacial score (nSPS) is 14.8. The number of carbonyl (C=O) groups excluding carboxylic acids is 3. The van der Waals surface area contributed by atoms with Crippen LogP contribution in [0.15, 0.2) is 60.7 Å². The summed E-state index contributed by atoms with van der Waals surface area (Å²) in [6, 6.07) is 17.2. The first-order chi connectivity index (χ1) is 14.8. The Bertz CT molecular complexity index is 1220. The minimum Gasteiger partial charge on any atom is -0.479 e. The number of carbonyl (C=O) groups is 3. The largest absolute Gasteiger partial charge is 0.479 e. The maximum atomic E-state index is 13.1. The second kappa shape index (κ2) is 8.07. The number of fused-ring (bicyclic) bond motifs is 1. The second-order valence-corrected chi connectivity index (χ2v) is 7.59. The number of hydrogen-bond donors (Lipinski definition) is 2. The molecule has 1 unspecified atom stereocenters. The average molecular weight is 414 g/mol. The summed E-state index contributed by atoms with van der Waals surface area (Å²) in [5.41, 5.74) is 4.21. The molecular weight excluding hydrogens is 392 g/mol. The van der Waals surface area contributed by atoms with Crippen LogP contribution in [0, 0.1) is 13.8 Å². The van der Waals surface area contributed by atoms with E-state index < -0.39 is 12.0 Å². The van der Waals surface area contributed by atoms with Crippen LogP contribution >= 0.6 is 0 Å². The van der Waals surface area contributed by atoms with Crippen molar-refractivity contribution in [2.24, 2.45) is 0 Å². The molecule has 1 aliphatic heterocycles. The van der Waals surface area contributed by atoms with Crippen LogP contribution in [0.5, 0.6) is 5.75 Å². The van der Waals surface area contributed by atoms with E-state index in [-0.39, 0.29) is 17.3 Å². The molecule has 6 nitrogen and oxygen atoms in total. The lowest BCUT2D eigenvalue weighted by Gasteiger charge is -2.23. The summed E-state index contributed by atoms with van der Waals surface area (Å²) in [5, 5.41) is 5.56. The van der Waals surface area contributed by atoms with Crippen molar-refractivity contribution in [3.05, 3.63) is 88.5 Å². The highest BCUT2D eigenvalue weighted by Gasteiger charge is 2.24. The number of nitrogens with one attached hydrogen (secondary N) is 2. The standard InChI is InChI=1S/C25H22N2O4/c1-14-8-9-17(12-15(14)2)23(28)19-6-4-5-7-20(19)25(30)26-18-10-11-22-21(13-18)27-24(29)16(3)31-22/h4-13,16H,1-3H3,(H,26,30)(H,27,29). The number of hydrogen-bond acceptors (Lipinski definition) is 4. The van der Waals surface area contributed by atoms with Crippen molar-refractivity contribution < 1.29 is 19.1 Å². The number of ether oxygens (including phenoxy) is 1. The first-order valence-electron chi connectivity index (χ1n) is 9.97. The van der Waals surface area contributed by atoms with Crippen LogP contribution in [0.2, 0.25) is 0 Å². The molecule has 0 spiro atoms. The van der Waals surface area contributed by atoms with E-state index in [1.165, 1.54) is 0 Å². The van der Waals surface area contributed by atoms with Gasteiger partial charge in [-0.05, 0) is 62.2 Å². The summed E-state index contributed by atoms with van der Waals surface area (Å²) >= 11 is 0. The van der Waals surface area contributed by atoms with Gasteiger partial charge in [0.15, 0.2) is 11.9 Å². The Morgan fingerprint density at radius 3 is 2.42 bits per heavy atom. The molecule has 1 aliphatic rings. The lowest BCUT2D eigenvalue weighted by molar-refractivity contribution is -0.122. The molecule has 31 heavy (non-hydrogen) atoms. The quantitative estimate of drug-likeness (QED) is 0.616. The topological polar surface area (TPSA) is 84.5 Å². The highest BCUT2D eigenvalue weighted by molar-refractivity contribution is 6.17. The number of aryl methyl sites for hydroxylation is 2. The van der Waals surface area contributed by atoms with Crippen molar-refractivity contribution in [3.8, 4) is 5.75 Å². The molecule has 3 aromatic rings.